The van der Waals surface area contributed by atoms with Gasteiger partial charge in [0.05, 0.1) is 7.11 Å². The first-order valence-corrected chi connectivity index (χ1v) is 10.3. The average molecular weight is 455 g/mol. The normalized spacial score (nSPS) is 11.2. The fraction of sp³-hybridized carbons (Fsp3) is 0.167. The van der Waals surface area contributed by atoms with Gasteiger partial charge in [0.2, 0.25) is 0 Å². The van der Waals surface area contributed by atoms with Crippen LogP contribution in [-0.4, -0.2) is 37.2 Å². The largest absolute Gasteiger partial charge is 0.497 e. The number of ether oxygens (including phenoxy) is 1. The molecule has 2 amide bonds. The number of halogens is 1. The van der Waals surface area contributed by atoms with E-state index in [-0.39, 0.29) is 18.8 Å². The molecule has 2 aromatic carbocycles. The molecule has 0 saturated heterocycles. The first-order valence-electron chi connectivity index (χ1n) is 9.92. The third kappa shape index (κ3) is 6.23. The van der Waals surface area contributed by atoms with E-state index in [1.165, 1.54) is 13.2 Å². The molecule has 0 atom stereocenters. The number of methoxy groups -OCH3 is 1. The number of benzene rings is 2. The third-order valence-electron chi connectivity index (χ3n) is 4.49. The van der Waals surface area contributed by atoms with Crippen LogP contribution in [0.2, 0.25) is 5.02 Å². The maximum absolute atomic E-state index is 12.7. The summed E-state index contributed by atoms with van der Waals surface area (Å²) in [5.41, 5.74) is 1.16. The van der Waals surface area contributed by atoms with Gasteiger partial charge >= 0.3 is 0 Å². The van der Waals surface area contributed by atoms with Gasteiger partial charge in [-0.2, -0.15) is 0 Å². The van der Waals surface area contributed by atoms with Crippen LogP contribution < -0.4 is 15.4 Å². The molecular weight excluding hydrogens is 432 g/mol. The van der Waals surface area contributed by atoms with Gasteiger partial charge in [-0.25, -0.2) is 0 Å². The maximum Gasteiger partial charge on any atom is 0.267 e. The lowest BCUT2D eigenvalue weighted by Crippen LogP contribution is -2.35. The predicted molar refractivity (Wildman–Crippen MR) is 122 cm³/mol. The second-order valence-corrected chi connectivity index (χ2v) is 7.22. The predicted octanol–water partition coefficient (Wildman–Crippen LogP) is 3.88. The molecule has 3 aromatic rings. The summed E-state index contributed by atoms with van der Waals surface area (Å²) in [4.78, 5) is 25.3. The van der Waals surface area contributed by atoms with Crippen LogP contribution in [0.1, 0.15) is 22.5 Å². The zero-order chi connectivity index (χ0) is 22.9. The zero-order valence-corrected chi connectivity index (χ0v) is 18.2. The van der Waals surface area contributed by atoms with Gasteiger partial charge < -0.3 is 24.9 Å². The molecule has 0 spiro atoms. The summed E-state index contributed by atoms with van der Waals surface area (Å²) >= 11 is 6.04. The minimum Gasteiger partial charge on any atom is -0.497 e. The zero-order valence-electron chi connectivity index (χ0n) is 17.4. The van der Waals surface area contributed by atoms with Crippen molar-refractivity contribution in [3.05, 3.63) is 82.7 Å². The number of amides is 2. The molecule has 0 aliphatic carbocycles. The molecule has 0 aliphatic heterocycles. The molecular formula is C24H23ClN2O5. The van der Waals surface area contributed by atoms with E-state index >= 15 is 0 Å². The summed E-state index contributed by atoms with van der Waals surface area (Å²) in [7, 11) is 1.54. The minimum absolute atomic E-state index is 0.00996. The lowest BCUT2D eigenvalue weighted by Gasteiger charge is -2.11. The summed E-state index contributed by atoms with van der Waals surface area (Å²) in [6.45, 7) is 0.204. The molecule has 3 rings (SSSR count). The lowest BCUT2D eigenvalue weighted by molar-refractivity contribution is -0.117. The van der Waals surface area contributed by atoms with E-state index in [0.29, 0.717) is 34.3 Å². The Bertz CT molecular complexity index is 1110. The van der Waals surface area contributed by atoms with Gasteiger partial charge in [0.25, 0.3) is 11.8 Å². The monoisotopic (exact) mass is 454 g/mol. The van der Waals surface area contributed by atoms with Crippen molar-refractivity contribution in [3.63, 3.8) is 0 Å². The molecule has 3 N–H and O–H groups in total. The van der Waals surface area contributed by atoms with Crippen LogP contribution in [0.25, 0.3) is 17.4 Å². The Hall–Kier alpha value is -3.55. The quantitative estimate of drug-likeness (QED) is 0.336. The van der Waals surface area contributed by atoms with Crippen molar-refractivity contribution in [2.24, 2.45) is 0 Å². The number of aliphatic hydroxyl groups is 1. The van der Waals surface area contributed by atoms with Crippen LogP contribution in [0.4, 0.5) is 0 Å². The number of hydrogen-bond acceptors (Lipinski definition) is 5. The Morgan fingerprint density at radius 1 is 1.12 bits per heavy atom. The van der Waals surface area contributed by atoms with Gasteiger partial charge in [0.15, 0.2) is 0 Å². The molecule has 0 fully saturated rings. The van der Waals surface area contributed by atoms with Gasteiger partial charge in [0, 0.05) is 35.4 Å². The van der Waals surface area contributed by atoms with Gasteiger partial charge in [-0.3, -0.25) is 9.59 Å². The number of hydrogen-bond donors (Lipinski definition) is 3. The summed E-state index contributed by atoms with van der Waals surface area (Å²) in [6.07, 6.45) is 1.84. The highest BCUT2D eigenvalue weighted by atomic mass is 35.5. The van der Waals surface area contributed by atoms with Crippen LogP contribution in [-0.2, 0) is 4.79 Å². The molecule has 0 bridgehead atoms. The summed E-state index contributed by atoms with van der Waals surface area (Å²) < 4.78 is 10.9. The first kappa shape index (κ1) is 23.1. The van der Waals surface area contributed by atoms with E-state index in [9.17, 15) is 9.59 Å². The van der Waals surface area contributed by atoms with Crippen molar-refractivity contribution >= 4 is 29.5 Å². The summed E-state index contributed by atoms with van der Waals surface area (Å²) in [5.74, 6) is 0.602. The number of nitrogens with one attached hydrogen (secondary N) is 2. The highest BCUT2D eigenvalue weighted by molar-refractivity contribution is 6.30. The number of carbonyl (C=O) groups excluding carboxylic acids is 2. The van der Waals surface area contributed by atoms with Crippen molar-refractivity contribution in [1.29, 1.82) is 0 Å². The van der Waals surface area contributed by atoms with Crippen molar-refractivity contribution in [2.45, 2.75) is 6.42 Å². The van der Waals surface area contributed by atoms with Crippen molar-refractivity contribution < 1.29 is 23.8 Å². The third-order valence-corrected chi connectivity index (χ3v) is 4.72. The summed E-state index contributed by atoms with van der Waals surface area (Å²) in [5, 5.41) is 14.8. The number of furan rings is 1. The lowest BCUT2D eigenvalue weighted by atomic mass is 10.2. The number of aliphatic hydroxyl groups excluding tert-OH is 1. The SMILES string of the molecule is COc1ccc(C(=O)NC(=Cc2ccc(-c3cccc(Cl)c3)o2)C(=O)NCCCO)cc1. The minimum atomic E-state index is -0.499. The van der Waals surface area contributed by atoms with Crippen molar-refractivity contribution in [1.82, 2.24) is 10.6 Å². The Kier molecular flexibility index (Phi) is 8.08. The maximum atomic E-state index is 12.7. The van der Waals surface area contributed by atoms with Crippen LogP contribution in [0, 0.1) is 0 Å². The Morgan fingerprint density at radius 3 is 2.59 bits per heavy atom. The fourth-order valence-electron chi connectivity index (χ4n) is 2.84. The molecule has 32 heavy (non-hydrogen) atoms. The molecule has 0 radical (unpaired) electrons. The van der Waals surface area contributed by atoms with Gasteiger partial charge in [-0.1, -0.05) is 23.7 Å². The topological polar surface area (TPSA) is 101 Å². The highest BCUT2D eigenvalue weighted by Gasteiger charge is 2.16. The van der Waals surface area contributed by atoms with Crippen LogP contribution in [0.5, 0.6) is 5.75 Å². The number of rotatable bonds is 9. The number of carbonyl (C=O) groups is 2. The summed E-state index contributed by atoms with van der Waals surface area (Å²) in [6, 6.07) is 17.1. The van der Waals surface area contributed by atoms with Crippen LogP contribution in [0.3, 0.4) is 0 Å². The van der Waals surface area contributed by atoms with Crippen molar-refractivity contribution in [3.8, 4) is 17.1 Å². The highest BCUT2D eigenvalue weighted by Crippen LogP contribution is 2.25. The molecule has 8 heteroatoms. The second-order valence-electron chi connectivity index (χ2n) is 6.79. The van der Waals surface area contributed by atoms with E-state index in [1.807, 2.05) is 12.1 Å². The molecule has 0 aliphatic rings. The molecule has 7 nitrogen and oxygen atoms in total. The average Bonchev–Trinajstić information content (AvgIpc) is 3.27. The van der Waals surface area contributed by atoms with Crippen LogP contribution in [0.15, 0.2) is 70.8 Å². The van der Waals surface area contributed by atoms with E-state index < -0.39 is 11.8 Å². The van der Waals surface area contributed by atoms with E-state index in [2.05, 4.69) is 10.6 Å². The smallest absolute Gasteiger partial charge is 0.267 e. The fourth-order valence-corrected chi connectivity index (χ4v) is 3.03. The second kappa shape index (κ2) is 11.2. The molecule has 1 heterocycles. The van der Waals surface area contributed by atoms with Crippen molar-refractivity contribution in [2.75, 3.05) is 20.3 Å². The van der Waals surface area contributed by atoms with Gasteiger partial charge in [0.1, 0.15) is 23.0 Å². The van der Waals surface area contributed by atoms with E-state index in [4.69, 9.17) is 25.9 Å². The van der Waals surface area contributed by atoms with E-state index in [0.717, 1.165) is 5.56 Å². The molecule has 1 aromatic heterocycles. The molecule has 166 valence electrons. The van der Waals surface area contributed by atoms with Gasteiger partial charge in [-0.15, -0.1) is 0 Å². The standard InChI is InChI=1S/C24H23ClN2O5/c1-31-19-8-6-16(7-9-19)23(29)27-21(24(30)26-12-3-13-28)15-20-10-11-22(32-20)17-4-2-5-18(25)14-17/h2,4-11,14-15,28H,3,12-13H2,1H3,(H,26,30)(H,27,29). The first-order chi connectivity index (χ1) is 15.5. The van der Waals surface area contributed by atoms with Gasteiger partial charge in [-0.05, 0) is 55.0 Å². The Labute approximate surface area is 190 Å². The van der Waals surface area contributed by atoms with Crippen LogP contribution >= 0.6 is 11.6 Å². The molecule has 0 saturated carbocycles. The molecule has 0 unspecified atom stereocenters. The Morgan fingerprint density at radius 2 is 1.91 bits per heavy atom. The Balaban J connectivity index is 1.84. The van der Waals surface area contributed by atoms with E-state index in [1.54, 1.807) is 48.5 Å².